The Labute approximate surface area is 145 Å². The second kappa shape index (κ2) is 7.68. The van der Waals surface area contributed by atoms with Gasteiger partial charge in [-0.15, -0.1) is 10.2 Å². The molecule has 0 spiro atoms. The Morgan fingerprint density at radius 2 is 2.00 bits per heavy atom. The molecule has 0 radical (unpaired) electrons. The van der Waals surface area contributed by atoms with Gasteiger partial charge in [0, 0.05) is 5.75 Å². The van der Waals surface area contributed by atoms with Crippen molar-refractivity contribution in [2.75, 3.05) is 5.75 Å². The second-order valence-electron chi connectivity index (χ2n) is 5.64. The molecule has 1 N–H and O–H groups in total. The first-order chi connectivity index (χ1) is 11.7. The van der Waals surface area contributed by atoms with Crippen molar-refractivity contribution in [2.45, 2.75) is 38.1 Å². The van der Waals surface area contributed by atoms with Crippen molar-refractivity contribution in [3.8, 4) is 11.4 Å². The van der Waals surface area contributed by atoms with Crippen LogP contribution < -0.4 is 0 Å². The van der Waals surface area contributed by atoms with Crippen molar-refractivity contribution in [3.63, 3.8) is 0 Å². The molecule has 0 aliphatic heterocycles. The van der Waals surface area contributed by atoms with Gasteiger partial charge in [0.2, 0.25) is 0 Å². The van der Waals surface area contributed by atoms with Gasteiger partial charge in [0.1, 0.15) is 5.76 Å². The molecule has 6 heteroatoms. The predicted octanol–water partition coefficient (Wildman–Crippen LogP) is 3.76. The van der Waals surface area contributed by atoms with Crippen molar-refractivity contribution >= 4 is 11.8 Å². The topological polar surface area (TPSA) is 64.1 Å². The first kappa shape index (κ1) is 16.8. The van der Waals surface area contributed by atoms with Gasteiger partial charge in [-0.2, -0.15) is 0 Å². The maximum Gasteiger partial charge on any atom is 0.191 e. The van der Waals surface area contributed by atoms with Gasteiger partial charge in [-0.05, 0) is 25.0 Å². The molecule has 1 aromatic carbocycles. The van der Waals surface area contributed by atoms with Crippen molar-refractivity contribution in [1.29, 1.82) is 0 Å². The molecule has 0 saturated carbocycles. The van der Waals surface area contributed by atoms with Gasteiger partial charge < -0.3 is 9.52 Å². The third-order valence-electron chi connectivity index (χ3n) is 3.88. The van der Waals surface area contributed by atoms with Crippen LogP contribution in [0.25, 0.3) is 11.4 Å². The first-order valence-electron chi connectivity index (χ1n) is 8.01. The molecule has 0 aliphatic carbocycles. The van der Waals surface area contributed by atoms with Crippen LogP contribution in [0.3, 0.4) is 0 Å². The number of thioether (sulfide) groups is 1. The maximum atomic E-state index is 9.84. The number of furan rings is 1. The fourth-order valence-corrected chi connectivity index (χ4v) is 3.39. The Kier molecular flexibility index (Phi) is 5.37. The molecule has 5 nitrogen and oxygen atoms in total. The summed E-state index contributed by atoms with van der Waals surface area (Å²) in [5.74, 6) is 2.22. The molecule has 0 bridgehead atoms. The summed E-state index contributed by atoms with van der Waals surface area (Å²) >= 11 is 1.53. The van der Waals surface area contributed by atoms with Crippen molar-refractivity contribution in [3.05, 3.63) is 54.0 Å². The Hall–Kier alpha value is -2.05. The van der Waals surface area contributed by atoms with E-state index in [-0.39, 0.29) is 6.10 Å². The third-order valence-corrected chi connectivity index (χ3v) is 4.99. The average molecular weight is 343 g/mol. The van der Waals surface area contributed by atoms with Crippen LogP contribution in [-0.2, 0) is 6.54 Å². The van der Waals surface area contributed by atoms with Gasteiger partial charge in [0.15, 0.2) is 11.0 Å². The molecule has 0 saturated heterocycles. The monoisotopic (exact) mass is 343 g/mol. The SMILES string of the molecule is CC[C@H](O)CSc1nnc(-c2ccoc2C)n1Cc1ccccc1. The molecular weight excluding hydrogens is 322 g/mol. The minimum absolute atomic E-state index is 0.337. The zero-order valence-electron chi connectivity index (χ0n) is 13.8. The van der Waals surface area contributed by atoms with Crippen LogP contribution >= 0.6 is 11.8 Å². The molecule has 0 fully saturated rings. The van der Waals surface area contributed by atoms with Crippen LogP contribution in [0, 0.1) is 6.92 Å². The zero-order valence-corrected chi connectivity index (χ0v) is 14.7. The lowest BCUT2D eigenvalue weighted by atomic mass is 10.2. The Morgan fingerprint density at radius 3 is 2.67 bits per heavy atom. The quantitative estimate of drug-likeness (QED) is 0.662. The molecule has 2 aromatic heterocycles. The number of nitrogens with zero attached hydrogens (tertiary/aromatic N) is 3. The number of aromatic nitrogens is 3. The first-order valence-corrected chi connectivity index (χ1v) is 9.00. The van der Waals surface area contributed by atoms with E-state index in [1.165, 1.54) is 17.3 Å². The lowest BCUT2D eigenvalue weighted by molar-refractivity contribution is 0.195. The Bertz CT molecular complexity index is 783. The summed E-state index contributed by atoms with van der Waals surface area (Å²) in [6, 6.07) is 12.1. The van der Waals surface area contributed by atoms with Gasteiger partial charge in [-0.3, -0.25) is 4.57 Å². The van der Waals surface area contributed by atoms with Gasteiger partial charge >= 0.3 is 0 Å². The summed E-state index contributed by atoms with van der Waals surface area (Å²) in [5, 5.41) is 19.4. The Morgan fingerprint density at radius 1 is 1.21 bits per heavy atom. The van der Waals surface area contributed by atoms with E-state index in [4.69, 9.17) is 4.42 Å². The molecular formula is C18H21N3O2S. The fraction of sp³-hybridized carbons (Fsp3) is 0.333. The van der Waals surface area contributed by atoms with Crippen molar-refractivity contribution < 1.29 is 9.52 Å². The molecule has 0 aliphatic rings. The third kappa shape index (κ3) is 3.71. The van der Waals surface area contributed by atoms with Crippen LogP contribution in [0.2, 0.25) is 0 Å². The fourth-order valence-electron chi connectivity index (χ4n) is 2.41. The van der Waals surface area contributed by atoms with Crippen LogP contribution in [0.5, 0.6) is 0 Å². The molecule has 0 amide bonds. The number of aliphatic hydroxyl groups is 1. The summed E-state index contributed by atoms with van der Waals surface area (Å²) in [4.78, 5) is 0. The normalized spacial score (nSPS) is 12.5. The average Bonchev–Trinajstić information content (AvgIpc) is 3.19. The van der Waals surface area contributed by atoms with E-state index in [1.54, 1.807) is 6.26 Å². The Balaban J connectivity index is 1.94. The summed E-state index contributed by atoms with van der Waals surface area (Å²) in [6.07, 6.45) is 2.06. The molecule has 2 heterocycles. The van der Waals surface area contributed by atoms with E-state index in [9.17, 15) is 5.11 Å². The molecule has 3 aromatic rings. The summed E-state index contributed by atoms with van der Waals surface area (Å²) in [7, 11) is 0. The standard InChI is InChI=1S/C18H21N3O2S/c1-3-15(22)12-24-18-20-19-17(16-9-10-23-13(16)2)21(18)11-14-7-5-4-6-8-14/h4-10,15,22H,3,11-12H2,1-2H3/t15-/m0/s1. The maximum absolute atomic E-state index is 9.84. The van der Waals surface area contributed by atoms with Gasteiger partial charge in [0.25, 0.3) is 0 Å². The molecule has 126 valence electrons. The molecule has 0 unspecified atom stereocenters. The highest BCUT2D eigenvalue weighted by atomic mass is 32.2. The summed E-state index contributed by atoms with van der Waals surface area (Å²) < 4.78 is 7.50. The van der Waals surface area contributed by atoms with E-state index in [0.717, 1.165) is 28.7 Å². The number of hydrogen-bond acceptors (Lipinski definition) is 5. The molecule has 3 rings (SSSR count). The highest BCUT2D eigenvalue weighted by Crippen LogP contribution is 2.28. The van der Waals surface area contributed by atoms with Crippen LogP contribution in [-0.4, -0.2) is 31.7 Å². The largest absolute Gasteiger partial charge is 0.469 e. The number of benzene rings is 1. The second-order valence-corrected chi connectivity index (χ2v) is 6.63. The highest BCUT2D eigenvalue weighted by molar-refractivity contribution is 7.99. The zero-order chi connectivity index (χ0) is 16.9. The summed E-state index contributed by atoms with van der Waals surface area (Å²) in [6.45, 7) is 4.57. The van der Waals surface area contributed by atoms with E-state index < -0.39 is 0 Å². The summed E-state index contributed by atoms with van der Waals surface area (Å²) in [5.41, 5.74) is 2.12. The lowest BCUT2D eigenvalue weighted by Gasteiger charge is -2.11. The van der Waals surface area contributed by atoms with E-state index in [0.29, 0.717) is 12.3 Å². The van der Waals surface area contributed by atoms with Crippen molar-refractivity contribution in [1.82, 2.24) is 14.8 Å². The smallest absolute Gasteiger partial charge is 0.191 e. The van der Waals surface area contributed by atoms with Crippen molar-refractivity contribution in [2.24, 2.45) is 0 Å². The minimum atomic E-state index is -0.337. The number of rotatable bonds is 7. The predicted molar refractivity (Wildman–Crippen MR) is 95.0 cm³/mol. The van der Waals surface area contributed by atoms with E-state index >= 15 is 0 Å². The van der Waals surface area contributed by atoms with Gasteiger partial charge in [-0.1, -0.05) is 49.0 Å². The van der Waals surface area contributed by atoms with Crippen LogP contribution in [0.4, 0.5) is 0 Å². The number of aryl methyl sites for hydroxylation is 1. The van der Waals surface area contributed by atoms with Crippen LogP contribution in [0.15, 0.2) is 52.2 Å². The van der Waals surface area contributed by atoms with Crippen LogP contribution in [0.1, 0.15) is 24.7 Å². The minimum Gasteiger partial charge on any atom is -0.469 e. The number of aliphatic hydroxyl groups excluding tert-OH is 1. The van der Waals surface area contributed by atoms with E-state index in [2.05, 4.69) is 26.9 Å². The lowest BCUT2D eigenvalue weighted by Crippen LogP contribution is -2.10. The molecule has 24 heavy (non-hydrogen) atoms. The van der Waals surface area contributed by atoms with E-state index in [1.807, 2.05) is 38.1 Å². The number of hydrogen-bond donors (Lipinski definition) is 1. The van der Waals surface area contributed by atoms with Gasteiger partial charge in [-0.25, -0.2) is 0 Å². The highest BCUT2D eigenvalue weighted by Gasteiger charge is 2.18. The van der Waals surface area contributed by atoms with Gasteiger partial charge in [0.05, 0.1) is 24.5 Å². The molecule has 1 atom stereocenters.